The molecular weight excluding hydrogens is 396 g/mol. The molecule has 162 valence electrons. The summed E-state index contributed by atoms with van der Waals surface area (Å²) in [5.74, 6) is -0.256. The quantitative estimate of drug-likeness (QED) is 0.482. The lowest BCUT2D eigenvalue weighted by molar-refractivity contribution is -0.141. The molecule has 30 heavy (non-hydrogen) atoms. The van der Waals surface area contributed by atoms with E-state index in [-0.39, 0.29) is 75.6 Å². The fourth-order valence-corrected chi connectivity index (χ4v) is 3.20. The van der Waals surface area contributed by atoms with Crippen molar-refractivity contribution in [2.24, 2.45) is 0 Å². The van der Waals surface area contributed by atoms with Crippen LogP contribution in [0.25, 0.3) is 0 Å². The SMILES string of the molecule is O=C1CCC(=O)N1CC(O)COc1ccc(OCC(O)CN2C(=O)CCC2=O)cc1. The Morgan fingerprint density at radius 3 is 1.27 bits per heavy atom. The zero-order chi connectivity index (χ0) is 21.7. The molecule has 1 aromatic rings. The number of imide groups is 2. The van der Waals surface area contributed by atoms with E-state index in [9.17, 15) is 29.4 Å². The van der Waals surface area contributed by atoms with E-state index in [0.29, 0.717) is 11.5 Å². The Labute approximate surface area is 173 Å². The molecular formula is C20H24N2O8. The molecule has 2 unspecified atom stereocenters. The Kier molecular flexibility index (Phi) is 7.01. The van der Waals surface area contributed by atoms with Crippen molar-refractivity contribution < 1.29 is 38.9 Å². The highest BCUT2D eigenvalue weighted by atomic mass is 16.5. The zero-order valence-corrected chi connectivity index (χ0v) is 16.4. The number of aliphatic hydroxyl groups excluding tert-OH is 2. The molecule has 0 saturated carbocycles. The number of hydrogen-bond acceptors (Lipinski definition) is 8. The first-order valence-corrected chi connectivity index (χ1v) is 9.71. The summed E-state index contributed by atoms with van der Waals surface area (Å²) in [6, 6.07) is 6.42. The van der Waals surface area contributed by atoms with E-state index < -0.39 is 12.2 Å². The standard InChI is InChI=1S/C20H24N2O8/c23-13(9-21-17(25)5-6-18(21)26)11-29-15-1-2-16(4-3-15)30-12-14(24)10-22-19(27)7-8-20(22)28/h1-4,13-14,23-24H,5-12H2. The summed E-state index contributed by atoms with van der Waals surface area (Å²) in [5.41, 5.74) is 0. The second-order valence-corrected chi connectivity index (χ2v) is 7.20. The van der Waals surface area contributed by atoms with Gasteiger partial charge < -0.3 is 19.7 Å². The first-order valence-electron chi connectivity index (χ1n) is 9.71. The van der Waals surface area contributed by atoms with Crippen LogP contribution in [0.2, 0.25) is 0 Å². The number of rotatable bonds is 10. The topological polar surface area (TPSA) is 134 Å². The van der Waals surface area contributed by atoms with Crippen molar-refractivity contribution in [3.05, 3.63) is 24.3 Å². The van der Waals surface area contributed by atoms with Crippen molar-refractivity contribution >= 4 is 23.6 Å². The van der Waals surface area contributed by atoms with Crippen LogP contribution in [0.4, 0.5) is 0 Å². The van der Waals surface area contributed by atoms with Gasteiger partial charge in [0.1, 0.15) is 36.9 Å². The maximum atomic E-state index is 11.6. The van der Waals surface area contributed by atoms with Crippen molar-refractivity contribution in [1.29, 1.82) is 0 Å². The number of benzene rings is 1. The van der Waals surface area contributed by atoms with E-state index >= 15 is 0 Å². The highest BCUT2D eigenvalue weighted by Gasteiger charge is 2.31. The van der Waals surface area contributed by atoms with Crippen molar-refractivity contribution in [2.45, 2.75) is 37.9 Å². The lowest BCUT2D eigenvalue weighted by Crippen LogP contribution is -2.38. The second-order valence-electron chi connectivity index (χ2n) is 7.20. The fraction of sp³-hybridized carbons (Fsp3) is 0.500. The van der Waals surface area contributed by atoms with Gasteiger partial charge in [-0.3, -0.25) is 29.0 Å². The summed E-state index contributed by atoms with van der Waals surface area (Å²) >= 11 is 0. The van der Waals surface area contributed by atoms with Crippen LogP contribution in [0.3, 0.4) is 0 Å². The lowest BCUT2D eigenvalue weighted by atomic mass is 10.3. The number of aliphatic hydroxyl groups is 2. The van der Waals surface area contributed by atoms with Crippen LogP contribution in [0, 0.1) is 0 Å². The maximum absolute atomic E-state index is 11.6. The smallest absolute Gasteiger partial charge is 0.229 e. The number of hydrogen-bond donors (Lipinski definition) is 2. The molecule has 0 aliphatic carbocycles. The van der Waals surface area contributed by atoms with Gasteiger partial charge in [0.05, 0.1) is 13.1 Å². The molecule has 3 rings (SSSR count). The highest BCUT2D eigenvalue weighted by Crippen LogP contribution is 2.19. The minimum atomic E-state index is -1.00. The van der Waals surface area contributed by atoms with Gasteiger partial charge in [-0.25, -0.2) is 0 Å². The molecule has 4 amide bonds. The Morgan fingerprint density at radius 1 is 0.667 bits per heavy atom. The van der Waals surface area contributed by atoms with Gasteiger partial charge in [0.25, 0.3) is 0 Å². The molecule has 10 nitrogen and oxygen atoms in total. The van der Waals surface area contributed by atoms with Gasteiger partial charge in [-0.1, -0.05) is 0 Å². The zero-order valence-electron chi connectivity index (χ0n) is 16.4. The minimum Gasteiger partial charge on any atom is -0.491 e. The largest absolute Gasteiger partial charge is 0.491 e. The molecule has 0 radical (unpaired) electrons. The van der Waals surface area contributed by atoms with E-state index in [1.54, 1.807) is 24.3 Å². The van der Waals surface area contributed by atoms with Crippen LogP contribution < -0.4 is 9.47 Å². The molecule has 2 atom stereocenters. The van der Waals surface area contributed by atoms with Crippen molar-refractivity contribution in [2.75, 3.05) is 26.3 Å². The number of likely N-dealkylation sites (tertiary alicyclic amines) is 2. The number of nitrogens with zero attached hydrogens (tertiary/aromatic N) is 2. The molecule has 2 heterocycles. The van der Waals surface area contributed by atoms with Crippen molar-refractivity contribution in [3.8, 4) is 11.5 Å². The van der Waals surface area contributed by atoms with Gasteiger partial charge in [-0.2, -0.15) is 0 Å². The summed E-state index contributed by atoms with van der Waals surface area (Å²) in [6.45, 7) is -0.376. The summed E-state index contributed by atoms with van der Waals surface area (Å²) in [4.78, 5) is 48.3. The van der Waals surface area contributed by atoms with Crippen molar-refractivity contribution in [3.63, 3.8) is 0 Å². The molecule has 0 bridgehead atoms. The molecule has 2 aliphatic heterocycles. The lowest BCUT2D eigenvalue weighted by Gasteiger charge is -2.19. The van der Waals surface area contributed by atoms with Gasteiger partial charge in [0.15, 0.2) is 0 Å². The Morgan fingerprint density at radius 2 is 0.967 bits per heavy atom. The second kappa shape index (κ2) is 9.68. The van der Waals surface area contributed by atoms with E-state index in [1.165, 1.54) is 0 Å². The predicted octanol–water partition coefficient (Wildman–Crippen LogP) is -0.536. The molecule has 10 heteroatoms. The van der Waals surface area contributed by atoms with E-state index in [0.717, 1.165) is 9.80 Å². The third-order valence-corrected chi connectivity index (χ3v) is 4.80. The monoisotopic (exact) mass is 420 g/mol. The van der Waals surface area contributed by atoms with Gasteiger partial charge in [0.2, 0.25) is 23.6 Å². The Bertz CT molecular complexity index is 711. The Hall–Kier alpha value is -2.98. The van der Waals surface area contributed by atoms with Crippen LogP contribution in [0.1, 0.15) is 25.7 Å². The Balaban J connectivity index is 1.39. The number of carbonyl (C=O) groups is 4. The third-order valence-electron chi connectivity index (χ3n) is 4.80. The summed E-state index contributed by atoms with van der Waals surface area (Å²) in [6.07, 6.45) is -1.31. The normalized spacial score (nSPS) is 18.9. The average molecular weight is 420 g/mol. The molecule has 2 aliphatic rings. The van der Waals surface area contributed by atoms with Gasteiger partial charge in [-0.05, 0) is 24.3 Å². The average Bonchev–Trinajstić information content (AvgIpc) is 3.21. The minimum absolute atomic E-state index is 0.0894. The predicted molar refractivity (Wildman–Crippen MR) is 101 cm³/mol. The first kappa shape index (κ1) is 21.7. The summed E-state index contributed by atoms with van der Waals surface area (Å²) < 4.78 is 10.9. The first-order chi connectivity index (χ1) is 14.3. The van der Waals surface area contributed by atoms with Gasteiger partial charge in [-0.15, -0.1) is 0 Å². The van der Waals surface area contributed by atoms with Crippen LogP contribution in [-0.4, -0.2) is 82.2 Å². The van der Waals surface area contributed by atoms with E-state index in [1.807, 2.05) is 0 Å². The van der Waals surface area contributed by atoms with Gasteiger partial charge >= 0.3 is 0 Å². The molecule has 0 spiro atoms. The summed E-state index contributed by atoms with van der Waals surface area (Å²) in [7, 11) is 0. The molecule has 2 fully saturated rings. The molecule has 2 saturated heterocycles. The number of ether oxygens (including phenoxy) is 2. The van der Waals surface area contributed by atoms with Crippen molar-refractivity contribution in [1.82, 2.24) is 9.80 Å². The van der Waals surface area contributed by atoms with Crippen LogP contribution >= 0.6 is 0 Å². The van der Waals surface area contributed by atoms with E-state index in [4.69, 9.17) is 9.47 Å². The van der Waals surface area contributed by atoms with Crippen LogP contribution in [0.5, 0.6) is 11.5 Å². The number of amides is 4. The third kappa shape index (κ3) is 5.55. The fourth-order valence-electron chi connectivity index (χ4n) is 3.20. The summed E-state index contributed by atoms with van der Waals surface area (Å²) in [5, 5.41) is 20.0. The number of carbonyl (C=O) groups excluding carboxylic acids is 4. The highest BCUT2D eigenvalue weighted by molar-refractivity contribution is 6.02. The molecule has 1 aromatic carbocycles. The van der Waals surface area contributed by atoms with E-state index in [2.05, 4.69) is 0 Å². The van der Waals surface area contributed by atoms with Crippen LogP contribution in [0.15, 0.2) is 24.3 Å². The van der Waals surface area contributed by atoms with Crippen LogP contribution in [-0.2, 0) is 19.2 Å². The maximum Gasteiger partial charge on any atom is 0.229 e. The molecule has 2 N–H and O–H groups in total. The van der Waals surface area contributed by atoms with Gasteiger partial charge in [0, 0.05) is 25.7 Å². The number of β-amino-alcohol motifs (C(OH)–C–C–N with tert-alkyl or cyclic N) is 2. The molecule has 0 aromatic heterocycles.